The number of amides is 1. The summed E-state index contributed by atoms with van der Waals surface area (Å²) in [6, 6.07) is 11.4. The average Bonchev–Trinajstić information content (AvgIpc) is 2.99. The van der Waals surface area contributed by atoms with E-state index in [-0.39, 0.29) is 11.7 Å². The van der Waals surface area contributed by atoms with Crippen molar-refractivity contribution in [2.24, 2.45) is 0 Å². The number of ether oxygens (including phenoxy) is 1. The number of carbonyl (C=O) groups is 1. The summed E-state index contributed by atoms with van der Waals surface area (Å²) >= 11 is 9.09. The Kier molecular flexibility index (Phi) is 5.28. The molecule has 0 atom stereocenters. The van der Waals surface area contributed by atoms with Crippen molar-refractivity contribution < 1.29 is 9.53 Å². The minimum atomic E-state index is -0.112. The number of halogens is 1. The van der Waals surface area contributed by atoms with E-state index in [1.807, 2.05) is 31.2 Å². The van der Waals surface area contributed by atoms with Crippen molar-refractivity contribution in [1.82, 2.24) is 4.98 Å². The number of aromatic nitrogens is 1. The van der Waals surface area contributed by atoms with Gasteiger partial charge in [-0.05, 0) is 30.7 Å². The molecule has 0 aliphatic rings. The molecule has 0 aliphatic heterocycles. The third-order valence-electron chi connectivity index (χ3n) is 3.36. The van der Waals surface area contributed by atoms with E-state index in [0.717, 1.165) is 20.1 Å². The summed E-state index contributed by atoms with van der Waals surface area (Å²) in [4.78, 5) is 16.7. The van der Waals surface area contributed by atoms with Crippen LogP contribution < -0.4 is 10.1 Å². The molecule has 0 unspecified atom stereocenters. The second-order valence-corrected chi connectivity index (χ2v) is 7.75. The molecule has 1 heterocycles. The molecule has 4 nitrogen and oxygen atoms in total. The molecule has 24 heavy (non-hydrogen) atoms. The summed E-state index contributed by atoms with van der Waals surface area (Å²) in [6.45, 7) is 1.88. The summed E-state index contributed by atoms with van der Waals surface area (Å²) in [6.07, 6.45) is 0. The molecule has 1 amide bonds. The predicted octanol–water partition coefficient (Wildman–Crippen LogP) is 5.00. The SMILES string of the molecule is COc1cc(Cl)c(C)cc1NC(=O)CSc1nc2ccccc2s1. The lowest BCUT2D eigenvalue weighted by Crippen LogP contribution is -2.14. The Hall–Kier alpha value is -1.76. The molecule has 0 radical (unpaired) electrons. The van der Waals surface area contributed by atoms with Gasteiger partial charge in [0, 0.05) is 11.1 Å². The van der Waals surface area contributed by atoms with Crippen LogP contribution in [0.4, 0.5) is 5.69 Å². The fourth-order valence-corrected chi connectivity index (χ4v) is 4.18. The maximum Gasteiger partial charge on any atom is 0.234 e. The number of aryl methyl sites for hydroxylation is 1. The lowest BCUT2D eigenvalue weighted by molar-refractivity contribution is -0.113. The number of thiazole rings is 1. The zero-order chi connectivity index (χ0) is 17.1. The van der Waals surface area contributed by atoms with Crippen LogP contribution >= 0.6 is 34.7 Å². The standard InChI is InChI=1S/C17H15ClN2O2S2/c1-10-7-13(14(22-2)8-11(10)18)19-16(21)9-23-17-20-12-5-3-4-6-15(12)24-17/h3-8H,9H2,1-2H3,(H,19,21). The summed E-state index contributed by atoms with van der Waals surface area (Å²) in [5.74, 6) is 0.716. The largest absolute Gasteiger partial charge is 0.495 e. The van der Waals surface area contributed by atoms with E-state index in [1.165, 1.54) is 11.8 Å². The van der Waals surface area contributed by atoms with E-state index >= 15 is 0 Å². The van der Waals surface area contributed by atoms with Crippen molar-refractivity contribution in [2.75, 3.05) is 18.2 Å². The van der Waals surface area contributed by atoms with Crippen LogP contribution in [-0.2, 0) is 4.79 Å². The molecule has 2 aromatic carbocycles. The number of rotatable bonds is 5. The highest BCUT2D eigenvalue weighted by Crippen LogP contribution is 2.32. The maximum atomic E-state index is 12.2. The van der Waals surface area contributed by atoms with Gasteiger partial charge >= 0.3 is 0 Å². The first-order valence-corrected chi connectivity index (χ1v) is 9.37. The molecule has 0 spiro atoms. The second-order valence-electron chi connectivity index (χ2n) is 5.09. The van der Waals surface area contributed by atoms with E-state index in [4.69, 9.17) is 16.3 Å². The number of hydrogen-bond donors (Lipinski definition) is 1. The van der Waals surface area contributed by atoms with E-state index in [2.05, 4.69) is 10.3 Å². The topological polar surface area (TPSA) is 51.2 Å². The van der Waals surface area contributed by atoms with Crippen molar-refractivity contribution in [3.63, 3.8) is 0 Å². The van der Waals surface area contributed by atoms with Gasteiger partial charge in [-0.3, -0.25) is 4.79 Å². The molecule has 124 valence electrons. The minimum Gasteiger partial charge on any atom is -0.495 e. The Balaban J connectivity index is 1.66. The normalized spacial score (nSPS) is 10.8. The molecule has 0 saturated heterocycles. The maximum absolute atomic E-state index is 12.2. The highest BCUT2D eigenvalue weighted by molar-refractivity contribution is 8.01. The third-order valence-corrected chi connectivity index (χ3v) is 5.94. The van der Waals surface area contributed by atoms with E-state index in [1.54, 1.807) is 30.6 Å². The van der Waals surface area contributed by atoms with Crippen LogP contribution in [0.2, 0.25) is 5.02 Å². The number of nitrogens with one attached hydrogen (secondary N) is 1. The molecule has 3 rings (SSSR count). The summed E-state index contributed by atoms with van der Waals surface area (Å²) in [7, 11) is 1.55. The number of para-hydroxylation sites is 1. The van der Waals surface area contributed by atoms with Crippen LogP contribution in [0.1, 0.15) is 5.56 Å². The summed E-state index contributed by atoms with van der Waals surface area (Å²) in [5.41, 5.74) is 2.46. The Labute approximate surface area is 153 Å². The Morgan fingerprint density at radius 1 is 1.38 bits per heavy atom. The van der Waals surface area contributed by atoms with Gasteiger partial charge in [-0.15, -0.1) is 11.3 Å². The van der Waals surface area contributed by atoms with Crippen LogP contribution in [-0.4, -0.2) is 23.8 Å². The van der Waals surface area contributed by atoms with Gasteiger partial charge in [-0.25, -0.2) is 4.98 Å². The summed E-state index contributed by atoms with van der Waals surface area (Å²) in [5, 5.41) is 3.47. The second kappa shape index (κ2) is 7.42. The van der Waals surface area contributed by atoms with Crippen LogP contribution in [0.15, 0.2) is 40.7 Å². The zero-order valence-electron chi connectivity index (χ0n) is 13.1. The van der Waals surface area contributed by atoms with Gasteiger partial charge in [0.2, 0.25) is 5.91 Å². The van der Waals surface area contributed by atoms with Gasteiger partial charge in [-0.2, -0.15) is 0 Å². The number of fused-ring (bicyclic) bond motifs is 1. The monoisotopic (exact) mass is 378 g/mol. The van der Waals surface area contributed by atoms with E-state index in [9.17, 15) is 4.79 Å². The first kappa shape index (κ1) is 17.1. The number of nitrogens with zero attached hydrogens (tertiary/aromatic N) is 1. The molecule has 1 aromatic heterocycles. The molecular formula is C17H15ClN2O2S2. The fraction of sp³-hybridized carbons (Fsp3) is 0.176. The van der Waals surface area contributed by atoms with Gasteiger partial charge in [0.1, 0.15) is 5.75 Å². The predicted molar refractivity (Wildman–Crippen MR) is 102 cm³/mol. The Morgan fingerprint density at radius 2 is 2.17 bits per heavy atom. The number of anilines is 1. The zero-order valence-corrected chi connectivity index (χ0v) is 15.5. The lowest BCUT2D eigenvalue weighted by atomic mass is 10.2. The van der Waals surface area contributed by atoms with Gasteiger partial charge in [0.05, 0.1) is 28.8 Å². The molecule has 0 saturated carbocycles. The van der Waals surface area contributed by atoms with E-state index < -0.39 is 0 Å². The lowest BCUT2D eigenvalue weighted by Gasteiger charge is -2.11. The number of carbonyl (C=O) groups excluding carboxylic acids is 1. The van der Waals surface area contributed by atoms with Gasteiger partial charge in [0.25, 0.3) is 0 Å². The smallest absolute Gasteiger partial charge is 0.234 e. The van der Waals surface area contributed by atoms with Crippen LogP contribution in [0, 0.1) is 6.92 Å². The van der Waals surface area contributed by atoms with Gasteiger partial charge < -0.3 is 10.1 Å². The number of hydrogen-bond acceptors (Lipinski definition) is 5. The van der Waals surface area contributed by atoms with Crippen molar-refractivity contribution in [1.29, 1.82) is 0 Å². The molecule has 7 heteroatoms. The highest BCUT2D eigenvalue weighted by Gasteiger charge is 2.12. The first-order chi connectivity index (χ1) is 11.6. The third kappa shape index (κ3) is 3.83. The molecule has 0 aliphatic carbocycles. The summed E-state index contributed by atoms with van der Waals surface area (Å²) < 4.78 is 7.27. The van der Waals surface area contributed by atoms with Crippen molar-refractivity contribution >= 4 is 56.5 Å². The van der Waals surface area contributed by atoms with Gasteiger partial charge in [0.15, 0.2) is 4.34 Å². The average molecular weight is 379 g/mol. The number of thioether (sulfide) groups is 1. The first-order valence-electron chi connectivity index (χ1n) is 7.19. The fourth-order valence-electron chi connectivity index (χ4n) is 2.16. The highest BCUT2D eigenvalue weighted by atomic mass is 35.5. The Morgan fingerprint density at radius 3 is 2.92 bits per heavy atom. The van der Waals surface area contributed by atoms with Crippen LogP contribution in [0.25, 0.3) is 10.2 Å². The molecule has 3 aromatic rings. The molecule has 0 fully saturated rings. The van der Waals surface area contributed by atoms with Crippen molar-refractivity contribution in [3.05, 3.63) is 47.0 Å². The quantitative estimate of drug-likeness (QED) is 0.635. The van der Waals surface area contributed by atoms with Crippen molar-refractivity contribution in [3.8, 4) is 5.75 Å². The Bertz CT molecular complexity index is 862. The number of benzene rings is 2. The van der Waals surface area contributed by atoms with Crippen LogP contribution in [0.3, 0.4) is 0 Å². The van der Waals surface area contributed by atoms with Gasteiger partial charge in [-0.1, -0.05) is 35.5 Å². The van der Waals surface area contributed by atoms with Crippen molar-refractivity contribution in [2.45, 2.75) is 11.3 Å². The number of methoxy groups -OCH3 is 1. The van der Waals surface area contributed by atoms with E-state index in [0.29, 0.717) is 16.5 Å². The van der Waals surface area contributed by atoms with Crippen LogP contribution in [0.5, 0.6) is 5.75 Å². The minimum absolute atomic E-state index is 0.112. The molecular weight excluding hydrogens is 364 g/mol. The molecule has 0 bridgehead atoms. The molecule has 1 N–H and O–H groups in total.